The number of benzene rings is 2. The van der Waals surface area contributed by atoms with Gasteiger partial charge in [-0.05, 0) is 38.1 Å². The van der Waals surface area contributed by atoms with Crippen LogP contribution in [-0.4, -0.2) is 16.3 Å². The number of aliphatic hydroxyl groups excluding tert-OH is 1. The minimum absolute atomic E-state index is 0. The van der Waals surface area contributed by atoms with Crippen LogP contribution in [0.1, 0.15) is 12.5 Å². The largest absolute Gasteiger partial charge is 0.492 e. The van der Waals surface area contributed by atoms with Crippen LogP contribution in [0.3, 0.4) is 0 Å². The molecule has 0 atom stereocenters. The van der Waals surface area contributed by atoms with Crippen molar-refractivity contribution in [3.63, 3.8) is 0 Å². The third-order valence-corrected chi connectivity index (χ3v) is 3.89. The zero-order valence-corrected chi connectivity index (χ0v) is 12.9. The third-order valence-electron chi connectivity index (χ3n) is 3.89. The van der Waals surface area contributed by atoms with Crippen molar-refractivity contribution < 1.29 is 10.6 Å². The number of allylic oxidation sites excluding steroid dienone is 1. The van der Waals surface area contributed by atoms with Gasteiger partial charge in [0.25, 0.3) is 0 Å². The minimum Gasteiger partial charge on any atom is -0.492 e. The van der Waals surface area contributed by atoms with Gasteiger partial charge in [-0.15, -0.1) is 5.53 Å². The first-order valence-electron chi connectivity index (χ1n) is 7.16. The van der Waals surface area contributed by atoms with Crippen LogP contribution in [0.5, 0.6) is 0 Å². The second-order valence-corrected chi connectivity index (χ2v) is 5.46. The summed E-state index contributed by atoms with van der Waals surface area (Å²) in [4.78, 5) is 4.57. The van der Waals surface area contributed by atoms with Crippen molar-refractivity contribution in [1.29, 1.82) is 0 Å². The van der Waals surface area contributed by atoms with Crippen molar-refractivity contribution in [2.45, 2.75) is 13.8 Å². The van der Waals surface area contributed by atoms with Crippen molar-refractivity contribution in [2.24, 2.45) is 4.99 Å². The molecule has 0 saturated heterocycles. The normalized spacial score (nSPS) is 15.8. The van der Waals surface area contributed by atoms with Gasteiger partial charge in [-0.1, -0.05) is 29.8 Å². The number of hydrazine groups is 2. The molecule has 0 saturated carbocycles. The number of anilines is 2. The van der Waals surface area contributed by atoms with Gasteiger partial charge in [0.2, 0.25) is 5.88 Å². The van der Waals surface area contributed by atoms with E-state index in [0.717, 1.165) is 22.8 Å². The van der Waals surface area contributed by atoms with Gasteiger partial charge in [0.05, 0.1) is 22.8 Å². The van der Waals surface area contributed by atoms with E-state index in [1.54, 1.807) is 5.01 Å². The Morgan fingerprint density at radius 2 is 1.65 bits per heavy atom. The predicted octanol–water partition coefficient (Wildman–Crippen LogP) is 2.75. The van der Waals surface area contributed by atoms with E-state index in [0.29, 0.717) is 5.70 Å². The molecule has 4 N–H and O–H groups in total. The molecule has 0 amide bonds. The molecule has 0 radical (unpaired) electrons. The second-order valence-electron chi connectivity index (χ2n) is 5.46. The first-order valence-corrected chi connectivity index (χ1v) is 7.16. The van der Waals surface area contributed by atoms with Gasteiger partial charge in [-0.2, -0.15) is 0 Å². The van der Waals surface area contributed by atoms with Gasteiger partial charge in [0.15, 0.2) is 0 Å². The molecule has 23 heavy (non-hydrogen) atoms. The van der Waals surface area contributed by atoms with E-state index in [-0.39, 0.29) is 11.4 Å². The average molecular weight is 310 g/mol. The molecule has 0 aromatic heterocycles. The molecule has 6 heteroatoms. The van der Waals surface area contributed by atoms with Crippen molar-refractivity contribution in [3.8, 4) is 0 Å². The summed E-state index contributed by atoms with van der Waals surface area (Å²) in [6.07, 6.45) is 0. The van der Waals surface area contributed by atoms with Crippen LogP contribution in [0.4, 0.5) is 17.1 Å². The highest BCUT2D eigenvalue weighted by molar-refractivity contribution is 6.07. The Morgan fingerprint density at radius 3 is 2.39 bits per heavy atom. The molecular weight excluding hydrogens is 292 g/mol. The number of hydrogen-bond acceptors (Lipinski definition) is 5. The lowest BCUT2D eigenvalue weighted by atomic mass is 10.1. The van der Waals surface area contributed by atoms with Gasteiger partial charge in [-0.25, -0.2) is 15.0 Å². The Kier molecular flexibility index (Phi) is 3.55. The summed E-state index contributed by atoms with van der Waals surface area (Å²) in [5.74, 6) is 0.152. The molecule has 0 bridgehead atoms. The molecule has 2 aliphatic rings. The number of fused-ring (bicyclic) bond motifs is 3. The number of aryl methyl sites for hydroxylation is 1. The number of hydrogen-bond donors (Lipinski definition) is 2. The summed E-state index contributed by atoms with van der Waals surface area (Å²) in [6, 6.07) is 15.8. The fraction of sp³-hybridized carbons (Fsp3) is 0.118. The summed E-state index contributed by atoms with van der Waals surface area (Å²) < 4.78 is 0. The van der Waals surface area contributed by atoms with Gasteiger partial charge in [0.1, 0.15) is 5.70 Å². The van der Waals surface area contributed by atoms with E-state index < -0.39 is 0 Å². The third kappa shape index (κ3) is 2.25. The van der Waals surface area contributed by atoms with Gasteiger partial charge in [-0.3, -0.25) is 0 Å². The zero-order valence-electron chi connectivity index (χ0n) is 12.9. The van der Waals surface area contributed by atoms with Crippen molar-refractivity contribution in [2.75, 3.05) is 10.0 Å². The summed E-state index contributed by atoms with van der Waals surface area (Å²) >= 11 is 0. The van der Waals surface area contributed by atoms with Crippen LogP contribution < -0.4 is 15.6 Å². The van der Waals surface area contributed by atoms with Crippen LogP contribution in [0.2, 0.25) is 0 Å². The second kappa shape index (κ2) is 5.42. The van der Waals surface area contributed by atoms with E-state index in [2.05, 4.69) is 10.5 Å². The van der Waals surface area contributed by atoms with E-state index in [4.69, 9.17) is 0 Å². The number of para-hydroxylation sites is 2. The van der Waals surface area contributed by atoms with Gasteiger partial charge >= 0.3 is 0 Å². The zero-order chi connectivity index (χ0) is 15.3. The van der Waals surface area contributed by atoms with Crippen LogP contribution >= 0.6 is 0 Å². The SMILES string of the molecule is CC1=Nc2ccccc2N2NN(c3ccc(C)cc3)C(O)=C12.O. The van der Waals surface area contributed by atoms with Crippen molar-refractivity contribution in [3.05, 3.63) is 65.7 Å². The maximum atomic E-state index is 10.6. The predicted molar refractivity (Wildman–Crippen MR) is 91.8 cm³/mol. The van der Waals surface area contributed by atoms with Crippen molar-refractivity contribution >= 4 is 22.8 Å². The summed E-state index contributed by atoms with van der Waals surface area (Å²) in [6.45, 7) is 3.94. The van der Waals surface area contributed by atoms with E-state index >= 15 is 0 Å². The molecule has 4 rings (SSSR count). The molecular formula is C17H18N4O2. The fourth-order valence-corrected chi connectivity index (χ4v) is 2.76. The maximum absolute atomic E-state index is 10.6. The van der Waals surface area contributed by atoms with E-state index in [1.807, 2.05) is 67.4 Å². The van der Waals surface area contributed by atoms with Crippen LogP contribution in [0.25, 0.3) is 0 Å². The highest BCUT2D eigenvalue weighted by Crippen LogP contribution is 2.39. The Morgan fingerprint density at radius 1 is 0.957 bits per heavy atom. The molecule has 0 fully saturated rings. The average Bonchev–Trinajstić information content (AvgIpc) is 2.87. The first kappa shape index (κ1) is 15.1. The Bertz CT molecular complexity index is 812. The van der Waals surface area contributed by atoms with Crippen LogP contribution in [-0.2, 0) is 0 Å². The van der Waals surface area contributed by atoms with Crippen LogP contribution in [0, 0.1) is 6.92 Å². The molecule has 6 nitrogen and oxygen atoms in total. The highest BCUT2D eigenvalue weighted by atomic mass is 16.3. The molecule has 0 unspecified atom stereocenters. The number of nitrogens with one attached hydrogen (secondary N) is 1. The van der Waals surface area contributed by atoms with E-state index in [1.165, 1.54) is 5.56 Å². The maximum Gasteiger partial charge on any atom is 0.235 e. The quantitative estimate of drug-likeness (QED) is 0.848. The molecule has 2 aliphatic heterocycles. The molecule has 2 aromatic carbocycles. The smallest absolute Gasteiger partial charge is 0.235 e. The molecule has 0 aliphatic carbocycles. The highest BCUT2D eigenvalue weighted by Gasteiger charge is 2.35. The number of aliphatic hydroxyl groups is 1. The first-order chi connectivity index (χ1) is 10.6. The molecule has 2 aromatic rings. The lowest BCUT2D eigenvalue weighted by Crippen LogP contribution is -2.43. The Labute approximate surface area is 134 Å². The fourth-order valence-electron chi connectivity index (χ4n) is 2.76. The number of nitrogens with zero attached hydrogens (tertiary/aromatic N) is 3. The van der Waals surface area contributed by atoms with Gasteiger partial charge < -0.3 is 10.6 Å². The monoisotopic (exact) mass is 310 g/mol. The topological polar surface area (TPSA) is 82.6 Å². The Hall–Kier alpha value is -2.83. The minimum atomic E-state index is 0. The number of rotatable bonds is 1. The van der Waals surface area contributed by atoms with Crippen molar-refractivity contribution in [1.82, 2.24) is 5.53 Å². The lowest BCUT2D eigenvalue weighted by Gasteiger charge is -2.27. The molecule has 118 valence electrons. The molecule has 0 spiro atoms. The van der Waals surface area contributed by atoms with Gasteiger partial charge in [0, 0.05) is 0 Å². The number of aliphatic imine (C=N–C) groups is 1. The standard InChI is InChI=1S/C17H16N4O.H2O/c1-11-7-9-13(10-8-11)20-17(22)16-12(2)18-14-5-3-4-6-15(14)21(16)19-20;/h3-10,19,22H,1-2H3;1H2. The van der Waals surface area contributed by atoms with E-state index in [9.17, 15) is 5.11 Å². The Balaban J connectivity index is 0.00000156. The summed E-state index contributed by atoms with van der Waals surface area (Å²) in [7, 11) is 0. The molecule has 2 heterocycles. The summed E-state index contributed by atoms with van der Waals surface area (Å²) in [5.41, 5.74) is 8.53. The summed E-state index contributed by atoms with van der Waals surface area (Å²) in [5, 5.41) is 14.2. The van der Waals surface area contributed by atoms with Crippen LogP contribution in [0.15, 0.2) is 65.1 Å². The lowest BCUT2D eigenvalue weighted by molar-refractivity contribution is 0.389.